The predicted octanol–water partition coefficient (Wildman–Crippen LogP) is 1.79. The number of hydrogen-bond donors (Lipinski definition) is 3. The van der Waals surface area contributed by atoms with Gasteiger partial charge in [-0.2, -0.15) is 0 Å². The summed E-state index contributed by atoms with van der Waals surface area (Å²) in [4.78, 5) is 12.1. The van der Waals surface area contributed by atoms with Crippen LogP contribution in [0.5, 0.6) is 28.7 Å². The summed E-state index contributed by atoms with van der Waals surface area (Å²) in [5.74, 6) is -0.858. The molecule has 106 valence electrons. The lowest BCUT2D eigenvalue weighted by Crippen LogP contribution is -2.02. The molecule has 1 aromatic heterocycles. The fraction of sp³-hybridized carbons (Fsp3) is 0.0714. The summed E-state index contributed by atoms with van der Waals surface area (Å²) < 4.78 is 15.5. The minimum absolute atomic E-state index is 0.0246. The molecule has 0 saturated heterocycles. The first kappa shape index (κ1) is 11.7. The van der Waals surface area contributed by atoms with Crippen LogP contribution in [0.15, 0.2) is 27.4 Å². The Morgan fingerprint density at radius 2 is 1.81 bits per heavy atom. The zero-order chi connectivity index (χ0) is 14.7. The van der Waals surface area contributed by atoms with Crippen LogP contribution in [0.1, 0.15) is 0 Å². The van der Waals surface area contributed by atoms with Crippen molar-refractivity contribution in [1.29, 1.82) is 0 Å². The zero-order valence-corrected chi connectivity index (χ0v) is 10.4. The number of phenols is 3. The van der Waals surface area contributed by atoms with Gasteiger partial charge in [0.1, 0.15) is 5.39 Å². The quantitative estimate of drug-likeness (QED) is 0.250. The fourth-order valence-corrected chi connectivity index (χ4v) is 2.51. The summed E-state index contributed by atoms with van der Waals surface area (Å²) in [5, 5.41) is 29.8. The Bertz CT molecular complexity index is 971. The summed E-state index contributed by atoms with van der Waals surface area (Å²) in [6.07, 6.45) is 0. The maximum Gasteiger partial charge on any atom is 0.348 e. The van der Waals surface area contributed by atoms with Gasteiger partial charge in [0.25, 0.3) is 0 Å². The van der Waals surface area contributed by atoms with Crippen molar-refractivity contribution in [2.75, 3.05) is 6.79 Å². The molecule has 1 aliphatic heterocycles. The van der Waals surface area contributed by atoms with Crippen LogP contribution in [0.3, 0.4) is 0 Å². The molecule has 0 spiro atoms. The molecule has 4 rings (SSSR count). The highest BCUT2D eigenvalue weighted by Gasteiger charge is 2.24. The molecule has 0 fully saturated rings. The molecule has 0 aliphatic carbocycles. The standard InChI is InChI=1S/C14H8O7/c15-6-3-7(16)12-9(11(6)17)5-1-2-8-13(20-4-19-8)10(5)14(18)21-12/h1-3,15-17H,4H2. The van der Waals surface area contributed by atoms with E-state index in [1.165, 1.54) is 6.07 Å². The minimum Gasteiger partial charge on any atom is -0.504 e. The van der Waals surface area contributed by atoms with Gasteiger partial charge in [0, 0.05) is 11.5 Å². The molecule has 2 heterocycles. The van der Waals surface area contributed by atoms with Crippen molar-refractivity contribution in [1.82, 2.24) is 0 Å². The van der Waals surface area contributed by atoms with Crippen LogP contribution in [0.4, 0.5) is 0 Å². The van der Waals surface area contributed by atoms with E-state index >= 15 is 0 Å². The van der Waals surface area contributed by atoms with Crippen molar-refractivity contribution in [3.05, 3.63) is 28.6 Å². The van der Waals surface area contributed by atoms with Crippen LogP contribution in [0, 0.1) is 0 Å². The van der Waals surface area contributed by atoms with E-state index in [1.807, 2.05) is 0 Å². The number of aromatic hydroxyl groups is 3. The Labute approximate surface area is 116 Å². The first-order valence-corrected chi connectivity index (χ1v) is 6.01. The summed E-state index contributed by atoms with van der Waals surface area (Å²) in [6, 6.07) is 4.00. The molecule has 21 heavy (non-hydrogen) atoms. The third-order valence-corrected chi connectivity index (χ3v) is 3.42. The third-order valence-electron chi connectivity index (χ3n) is 3.42. The first-order valence-electron chi connectivity index (χ1n) is 6.01. The number of phenolic OH excluding ortho intramolecular Hbond substituents is 3. The number of benzene rings is 2. The molecule has 3 aromatic rings. The molecular formula is C14H8O7. The number of hydrogen-bond acceptors (Lipinski definition) is 7. The van der Waals surface area contributed by atoms with Gasteiger partial charge in [0.2, 0.25) is 6.79 Å². The number of ether oxygens (including phenoxy) is 2. The van der Waals surface area contributed by atoms with Crippen LogP contribution in [0.25, 0.3) is 21.7 Å². The van der Waals surface area contributed by atoms with Gasteiger partial charge in [-0.25, -0.2) is 4.79 Å². The molecule has 0 atom stereocenters. The highest BCUT2D eigenvalue weighted by molar-refractivity contribution is 6.12. The van der Waals surface area contributed by atoms with Crippen LogP contribution in [-0.4, -0.2) is 22.1 Å². The predicted molar refractivity (Wildman–Crippen MR) is 71.1 cm³/mol. The maximum atomic E-state index is 12.1. The molecule has 0 radical (unpaired) electrons. The third kappa shape index (κ3) is 1.40. The van der Waals surface area contributed by atoms with Gasteiger partial charge in [-0.15, -0.1) is 0 Å². The second kappa shape index (κ2) is 3.72. The van der Waals surface area contributed by atoms with Crippen molar-refractivity contribution in [3.8, 4) is 28.7 Å². The molecular weight excluding hydrogens is 280 g/mol. The maximum absolute atomic E-state index is 12.1. The van der Waals surface area contributed by atoms with Gasteiger partial charge in [-0.3, -0.25) is 0 Å². The number of rotatable bonds is 0. The summed E-state index contributed by atoms with van der Waals surface area (Å²) in [6.45, 7) is -0.0246. The van der Waals surface area contributed by atoms with Crippen molar-refractivity contribution >= 4 is 21.7 Å². The number of fused-ring (bicyclic) bond motifs is 5. The zero-order valence-electron chi connectivity index (χ0n) is 10.4. The Morgan fingerprint density at radius 1 is 1.00 bits per heavy atom. The molecule has 0 saturated carbocycles. The van der Waals surface area contributed by atoms with Gasteiger partial charge in [-0.1, -0.05) is 0 Å². The van der Waals surface area contributed by atoms with Crippen molar-refractivity contribution in [2.24, 2.45) is 0 Å². The van der Waals surface area contributed by atoms with E-state index in [4.69, 9.17) is 13.9 Å². The SMILES string of the molecule is O=c1oc2c(O)cc(O)c(O)c2c2ccc3c(c12)OCO3. The van der Waals surface area contributed by atoms with Crippen molar-refractivity contribution < 1.29 is 29.2 Å². The average molecular weight is 288 g/mol. The van der Waals surface area contributed by atoms with E-state index < -0.39 is 22.9 Å². The lowest BCUT2D eigenvalue weighted by molar-refractivity contribution is 0.174. The van der Waals surface area contributed by atoms with Crippen LogP contribution < -0.4 is 15.1 Å². The molecule has 1 aliphatic rings. The van der Waals surface area contributed by atoms with Gasteiger partial charge in [0.15, 0.2) is 34.3 Å². The van der Waals surface area contributed by atoms with Gasteiger partial charge in [0.05, 0.1) is 5.39 Å². The lowest BCUT2D eigenvalue weighted by Gasteiger charge is -2.08. The van der Waals surface area contributed by atoms with Crippen LogP contribution in [-0.2, 0) is 0 Å². The highest BCUT2D eigenvalue weighted by atomic mass is 16.7. The van der Waals surface area contributed by atoms with Crippen molar-refractivity contribution in [3.63, 3.8) is 0 Å². The van der Waals surface area contributed by atoms with Gasteiger partial charge >= 0.3 is 5.63 Å². The normalized spacial score (nSPS) is 13.1. The van der Waals surface area contributed by atoms with Gasteiger partial charge < -0.3 is 29.2 Å². The van der Waals surface area contributed by atoms with Crippen LogP contribution in [0.2, 0.25) is 0 Å². The Hall–Kier alpha value is -3.09. The van der Waals surface area contributed by atoms with E-state index in [0.29, 0.717) is 5.75 Å². The summed E-state index contributed by atoms with van der Waals surface area (Å²) in [7, 11) is 0. The van der Waals surface area contributed by atoms with E-state index in [2.05, 4.69) is 0 Å². The lowest BCUT2D eigenvalue weighted by atomic mass is 10.0. The largest absolute Gasteiger partial charge is 0.504 e. The summed E-state index contributed by atoms with van der Waals surface area (Å²) >= 11 is 0. The monoisotopic (exact) mass is 288 g/mol. The molecule has 0 amide bonds. The van der Waals surface area contributed by atoms with E-state index in [9.17, 15) is 20.1 Å². The molecule has 0 bridgehead atoms. The Kier molecular flexibility index (Phi) is 2.08. The van der Waals surface area contributed by atoms with Gasteiger partial charge in [-0.05, 0) is 12.1 Å². The van der Waals surface area contributed by atoms with Crippen LogP contribution >= 0.6 is 0 Å². The smallest absolute Gasteiger partial charge is 0.348 e. The van der Waals surface area contributed by atoms with E-state index in [0.717, 1.165) is 6.07 Å². The summed E-state index contributed by atoms with van der Waals surface area (Å²) in [5.41, 5.74) is -0.943. The molecule has 2 aromatic carbocycles. The van der Waals surface area contributed by atoms with E-state index in [-0.39, 0.29) is 34.3 Å². The molecule has 7 nitrogen and oxygen atoms in total. The minimum atomic E-state index is -0.736. The fourth-order valence-electron chi connectivity index (χ4n) is 2.51. The second-order valence-corrected chi connectivity index (χ2v) is 4.58. The second-order valence-electron chi connectivity index (χ2n) is 4.58. The topological polar surface area (TPSA) is 109 Å². The van der Waals surface area contributed by atoms with Crippen molar-refractivity contribution in [2.45, 2.75) is 0 Å². The van der Waals surface area contributed by atoms with E-state index in [1.54, 1.807) is 6.07 Å². The average Bonchev–Trinajstić information content (AvgIpc) is 2.92. The molecule has 7 heteroatoms. The molecule has 0 unspecified atom stereocenters. The highest BCUT2D eigenvalue weighted by Crippen LogP contribution is 2.45. The molecule has 3 N–H and O–H groups in total. The first-order chi connectivity index (χ1) is 10.1. The Balaban J connectivity index is 2.33. The Morgan fingerprint density at radius 3 is 2.62 bits per heavy atom.